The maximum atomic E-state index is 10.6. The van der Waals surface area contributed by atoms with Crippen molar-refractivity contribution in [2.24, 2.45) is 5.73 Å². The zero-order chi connectivity index (χ0) is 10.7. The molecule has 0 unspecified atom stereocenters. The van der Waals surface area contributed by atoms with E-state index in [9.17, 15) is 4.79 Å². The Morgan fingerprint density at radius 1 is 1.27 bits per heavy atom. The van der Waals surface area contributed by atoms with E-state index in [0.29, 0.717) is 6.42 Å². The first-order chi connectivity index (χ1) is 7.27. The SMILES string of the molecule is NC(=O)CCCn1ccc2ccccc21. The highest BCUT2D eigenvalue weighted by Crippen LogP contribution is 2.15. The average Bonchev–Trinajstić information content (AvgIpc) is 2.62. The number of hydrogen-bond donors (Lipinski definition) is 1. The third-order valence-corrected chi connectivity index (χ3v) is 2.50. The Morgan fingerprint density at radius 3 is 2.87 bits per heavy atom. The number of aryl methyl sites for hydroxylation is 1. The fourth-order valence-corrected chi connectivity index (χ4v) is 1.76. The number of carbonyl (C=O) groups is 1. The Kier molecular flexibility index (Phi) is 2.72. The second-order valence-electron chi connectivity index (χ2n) is 3.64. The van der Waals surface area contributed by atoms with Crippen LogP contribution in [-0.2, 0) is 11.3 Å². The molecule has 0 spiro atoms. The number of fused-ring (bicyclic) bond motifs is 1. The molecule has 0 saturated carbocycles. The molecule has 0 radical (unpaired) electrons. The van der Waals surface area contributed by atoms with Crippen molar-refractivity contribution >= 4 is 16.8 Å². The van der Waals surface area contributed by atoms with Crippen LogP contribution in [0.25, 0.3) is 10.9 Å². The van der Waals surface area contributed by atoms with Crippen LogP contribution >= 0.6 is 0 Å². The molecule has 2 aromatic rings. The molecule has 2 rings (SSSR count). The molecular formula is C12H14N2O. The van der Waals surface area contributed by atoms with E-state index in [1.165, 1.54) is 10.9 Å². The first kappa shape index (κ1) is 9.77. The molecule has 78 valence electrons. The van der Waals surface area contributed by atoms with Crippen LogP contribution in [0.1, 0.15) is 12.8 Å². The molecule has 1 aromatic carbocycles. The van der Waals surface area contributed by atoms with Gasteiger partial charge in [0, 0.05) is 24.7 Å². The Hall–Kier alpha value is -1.77. The number of nitrogens with zero attached hydrogens (tertiary/aromatic N) is 1. The Morgan fingerprint density at radius 2 is 2.07 bits per heavy atom. The minimum absolute atomic E-state index is 0.230. The highest BCUT2D eigenvalue weighted by molar-refractivity contribution is 5.79. The predicted octanol–water partition coefficient (Wildman–Crippen LogP) is 1.91. The summed E-state index contributed by atoms with van der Waals surface area (Å²) >= 11 is 0. The molecule has 0 aliphatic rings. The molecular weight excluding hydrogens is 188 g/mol. The summed E-state index contributed by atoms with van der Waals surface area (Å²) in [5, 5.41) is 1.23. The number of nitrogens with two attached hydrogens (primary N) is 1. The molecule has 1 amide bonds. The van der Waals surface area contributed by atoms with Crippen LogP contribution in [-0.4, -0.2) is 10.5 Å². The van der Waals surface area contributed by atoms with Crippen LogP contribution in [0.3, 0.4) is 0 Å². The fraction of sp³-hybridized carbons (Fsp3) is 0.250. The van der Waals surface area contributed by atoms with Crippen LogP contribution in [0.5, 0.6) is 0 Å². The molecule has 3 nitrogen and oxygen atoms in total. The first-order valence-corrected chi connectivity index (χ1v) is 5.09. The lowest BCUT2D eigenvalue weighted by molar-refractivity contribution is -0.118. The van der Waals surface area contributed by atoms with Crippen molar-refractivity contribution in [1.29, 1.82) is 0 Å². The Bertz CT molecular complexity index is 473. The summed E-state index contributed by atoms with van der Waals surface area (Å²) in [4.78, 5) is 10.6. The standard InChI is InChI=1S/C12H14N2O/c13-12(15)6-3-8-14-9-7-10-4-1-2-5-11(10)14/h1-2,4-5,7,9H,3,6,8H2,(H2,13,15). The van der Waals surface area contributed by atoms with Crippen molar-refractivity contribution in [2.45, 2.75) is 19.4 Å². The number of rotatable bonds is 4. The minimum atomic E-state index is -0.230. The Balaban J connectivity index is 2.11. The lowest BCUT2D eigenvalue weighted by atomic mass is 10.2. The zero-order valence-electron chi connectivity index (χ0n) is 8.52. The van der Waals surface area contributed by atoms with Crippen LogP contribution in [0.15, 0.2) is 36.5 Å². The van der Waals surface area contributed by atoms with Gasteiger partial charge in [0.25, 0.3) is 0 Å². The number of hydrogen-bond acceptors (Lipinski definition) is 1. The van der Waals surface area contributed by atoms with Gasteiger partial charge in [0.2, 0.25) is 5.91 Å². The number of benzene rings is 1. The van der Waals surface area contributed by atoms with Crippen molar-refractivity contribution in [3.05, 3.63) is 36.5 Å². The number of para-hydroxylation sites is 1. The predicted molar refractivity (Wildman–Crippen MR) is 60.4 cm³/mol. The Labute approximate surface area is 88.5 Å². The largest absolute Gasteiger partial charge is 0.370 e. The van der Waals surface area contributed by atoms with Gasteiger partial charge in [0.1, 0.15) is 0 Å². The molecule has 0 aliphatic heterocycles. The van der Waals surface area contributed by atoms with Crippen molar-refractivity contribution in [3.8, 4) is 0 Å². The smallest absolute Gasteiger partial charge is 0.217 e. The average molecular weight is 202 g/mol. The molecule has 1 aromatic heterocycles. The third-order valence-electron chi connectivity index (χ3n) is 2.50. The molecule has 0 bridgehead atoms. The van der Waals surface area contributed by atoms with Crippen LogP contribution < -0.4 is 5.73 Å². The highest BCUT2D eigenvalue weighted by Gasteiger charge is 2.00. The van der Waals surface area contributed by atoms with E-state index >= 15 is 0 Å². The lowest BCUT2D eigenvalue weighted by Gasteiger charge is -2.03. The molecule has 15 heavy (non-hydrogen) atoms. The fourth-order valence-electron chi connectivity index (χ4n) is 1.76. The van der Waals surface area contributed by atoms with Crippen molar-refractivity contribution in [3.63, 3.8) is 0 Å². The van der Waals surface area contributed by atoms with Gasteiger partial charge in [-0.2, -0.15) is 0 Å². The van der Waals surface area contributed by atoms with Crippen molar-refractivity contribution in [2.75, 3.05) is 0 Å². The summed E-state index contributed by atoms with van der Waals surface area (Å²) in [6, 6.07) is 10.3. The topological polar surface area (TPSA) is 48.0 Å². The second kappa shape index (κ2) is 4.17. The van der Waals surface area contributed by atoms with E-state index in [4.69, 9.17) is 5.73 Å². The van der Waals surface area contributed by atoms with E-state index in [-0.39, 0.29) is 5.91 Å². The van der Waals surface area contributed by atoms with Gasteiger partial charge in [-0.15, -0.1) is 0 Å². The van der Waals surface area contributed by atoms with Gasteiger partial charge in [-0.05, 0) is 23.9 Å². The van der Waals surface area contributed by atoms with Crippen LogP contribution in [0.2, 0.25) is 0 Å². The first-order valence-electron chi connectivity index (χ1n) is 5.09. The van der Waals surface area contributed by atoms with E-state index < -0.39 is 0 Å². The monoisotopic (exact) mass is 202 g/mol. The molecule has 0 aliphatic carbocycles. The van der Waals surface area contributed by atoms with Crippen LogP contribution in [0.4, 0.5) is 0 Å². The van der Waals surface area contributed by atoms with E-state index in [1.807, 2.05) is 18.3 Å². The number of aromatic nitrogens is 1. The van der Waals surface area contributed by atoms with Gasteiger partial charge < -0.3 is 10.3 Å². The molecule has 0 fully saturated rings. The van der Waals surface area contributed by atoms with Gasteiger partial charge in [0.05, 0.1) is 0 Å². The van der Waals surface area contributed by atoms with E-state index in [1.54, 1.807) is 0 Å². The second-order valence-corrected chi connectivity index (χ2v) is 3.64. The van der Waals surface area contributed by atoms with E-state index in [2.05, 4.69) is 22.8 Å². The molecule has 1 heterocycles. The summed E-state index contributed by atoms with van der Waals surface area (Å²) in [5.41, 5.74) is 6.31. The summed E-state index contributed by atoms with van der Waals surface area (Å²) in [6.45, 7) is 0.844. The van der Waals surface area contributed by atoms with Gasteiger partial charge >= 0.3 is 0 Å². The molecule has 0 atom stereocenters. The van der Waals surface area contributed by atoms with Gasteiger partial charge in [0.15, 0.2) is 0 Å². The number of amides is 1. The molecule has 3 heteroatoms. The maximum absolute atomic E-state index is 10.6. The summed E-state index contributed by atoms with van der Waals surface area (Å²) < 4.78 is 2.15. The maximum Gasteiger partial charge on any atom is 0.217 e. The van der Waals surface area contributed by atoms with Crippen molar-refractivity contribution in [1.82, 2.24) is 4.57 Å². The van der Waals surface area contributed by atoms with Crippen molar-refractivity contribution < 1.29 is 4.79 Å². The summed E-state index contributed by atoms with van der Waals surface area (Å²) in [7, 11) is 0. The summed E-state index contributed by atoms with van der Waals surface area (Å²) in [6.07, 6.45) is 3.30. The number of primary amides is 1. The van der Waals surface area contributed by atoms with Gasteiger partial charge in [-0.3, -0.25) is 4.79 Å². The normalized spacial score (nSPS) is 10.7. The quantitative estimate of drug-likeness (QED) is 0.808. The number of carbonyl (C=O) groups excluding carboxylic acids is 1. The lowest BCUT2D eigenvalue weighted by Crippen LogP contribution is -2.11. The van der Waals surface area contributed by atoms with Crippen LogP contribution in [0, 0.1) is 0 Å². The molecule has 2 N–H and O–H groups in total. The van der Waals surface area contributed by atoms with Gasteiger partial charge in [-0.25, -0.2) is 0 Å². The minimum Gasteiger partial charge on any atom is -0.370 e. The van der Waals surface area contributed by atoms with E-state index in [0.717, 1.165) is 13.0 Å². The highest BCUT2D eigenvalue weighted by atomic mass is 16.1. The van der Waals surface area contributed by atoms with Gasteiger partial charge in [-0.1, -0.05) is 18.2 Å². The molecule has 0 saturated heterocycles. The zero-order valence-corrected chi connectivity index (χ0v) is 8.52. The third kappa shape index (κ3) is 2.18. The summed E-state index contributed by atoms with van der Waals surface area (Å²) in [5.74, 6) is -0.230.